The number of piperazine rings is 1. The first-order valence-electron chi connectivity index (χ1n) is 10.5. The van der Waals surface area contributed by atoms with E-state index in [4.69, 9.17) is 4.74 Å². The number of ether oxygens (including phenoxy) is 1. The van der Waals surface area contributed by atoms with Crippen LogP contribution in [0.4, 0.5) is 5.69 Å². The summed E-state index contributed by atoms with van der Waals surface area (Å²) in [6, 6.07) is 11.9. The molecule has 0 aliphatic carbocycles. The summed E-state index contributed by atoms with van der Waals surface area (Å²) in [4.78, 5) is 21.9. The second-order valence-corrected chi connectivity index (χ2v) is 7.75. The summed E-state index contributed by atoms with van der Waals surface area (Å²) in [5.41, 5.74) is 2.68. The molecule has 3 aromatic heterocycles. The van der Waals surface area contributed by atoms with Gasteiger partial charge in [-0.15, -0.1) is 10.2 Å². The van der Waals surface area contributed by atoms with E-state index in [1.54, 1.807) is 18.0 Å². The van der Waals surface area contributed by atoms with Crippen LogP contribution in [-0.2, 0) is 17.8 Å². The molecule has 1 aromatic carbocycles. The maximum absolute atomic E-state index is 12.6. The van der Waals surface area contributed by atoms with Gasteiger partial charge in [-0.25, -0.2) is 4.98 Å². The van der Waals surface area contributed by atoms with E-state index in [1.807, 2.05) is 47.0 Å². The number of methoxy groups -OCH3 is 1. The Balaban J connectivity index is 1.27. The lowest BCUT2D eigenvalue weighted by atomic mass is 10.2. The molecule has 1 aliphatic rings. The van der Waals surface area contributed by atoms with E-state index in [1.165, 1.54) is 0 Å². The summed E-state index contributed by atoms with van der Waals surface area (Å²) in [6.45, 7) is 5.46. The predicted octanol–water partition coefficient (Wildman–Crippen LogP) is 1.41. The van der Waals surface area contributed by atoms with E-state index in [9.17, 15) is 4.79 Å². The Morgan fingerprint density at radius 2 is 1.94 bits per heavy atom. The molecule has 5 rings (SSSR count). The van der Waals surface area contributed by atoms with Gasteiger partial charge >= 0.3 is 0 Å². The van der Waals surface area contributed by atoms with Crippen LogP contribution in [0.2, 0.25) is 0 Å². The molecule has 0 spiro atoms. The number of aromatic nitrogens is 5. The van der Waals surface area contributed by atoms with E-state index in [0.29, 0.717) is 18.5 Å². The van der Waals surface area contributed by atoms with Crippen molar-refractivity contribution >= 4 is 22.2 Å². The number of hydrogen-bond donors (Lipinski definition) is 0. The first-order chi connectivity index (χ1) is 15.2. The van der Waals surface area contributed by atoms with Gasteiger partial charge in [0.2, 0.25) is 0 Å². The minimum Gasteiger partial charge on any atom is -0.383 e. The fourth-order valence-electron chi connectivity index (χ4n) is 4.06. The highest BCUT2D eigenvalue weighted by molar-refractivity contribution is 5.81. The van der Waals surface area contributed by atoms with Crippen molar-refractivity contribution in [1.29, 1.82) is 0 Å². The van der Waals surface area contributed by atoms with E-state index < -0.39 is 0 Å². The molecule has 1 fully saturated rings. The lowest BCUT2D eigenvalue weighted by Crippen LogP contribution is -2.46. The molecule has 31 heavy (non-hydrogen) atoms. The smallest absolute Gasteiger partial charge is 0.261 e. The van der Waals surface area contributed by atoms with Gasteiger partial charge in [0.1, 0.15) is 0 Å². The number of benzene rings is 1. The van der Waals surface area contributed by atoms with Gasteiger partial charge in [0.15, 0.2) is 11.5 Å². The van der Waals surface area contributed by atoms with Gasteiger partial charge in [-0.05, 0) is 30.3 Å². The Kier molecular flexibility index (Phi) is 5.35. The Labute approximate surface area is 179 Å². The zero-order chi connectivity index (χ0) is 21.2. The molecule has 0 unspecified atom stereocenters. The highest BCUT2D eigenvalue weighted by Crippen LogP contribution is 2.21. The van der Waals surface area contributed by atoms with Crippen LogP contribution in [0.25, 0.3) is 16.6 Å². The van der Waals surface area contributed by atoms with Crippen LogP contribution in [0.1, 0.15) is 5.82 Å². The van der Waals surface area contributed by atoms with E-state index >= 15 is 0 Å². The van der Waals surface area contributed by atoms with Gasteiger partial charge in [0.25, 0.3) is 5.56 Å². The fraction of sp³-hybridized carbons (Fsp3) is 0.364. The number of hydrogen-bond acceptors (Lipinski definition) is 7. The van der Waals surface area contributed by atoms with Crippen molar-refractivity contribution in [3.05, 3.63) is 65.1 Å². The Morgan fingerprint density at radius 3 is 2.77 bits per heavy atom. The lowest BCUT2D eigenvalue weighted by molar-refractivity contribution is 0.186. The molecule has 0 radical (unpaired) electrons. The summed E-state index contributed by atoms with van der Waals surface area (Å²) >= 11 is 0. The van der Waals surface area contributed by atoms with Crippen molar-refractivity contribution in [3.63, 3.8) is 0 Å². The number of pyridine rings is 1. The quantitative estimate of drug-likeness (QED) is 0.467. The lowest BCUT2D eigenvalue weighted by Gasteiger charge is -2.35. The Morgan fingerprint density at radius 1 is 1.06 bits per heavy atom. The van der Waals surface area contributed by atoms with Crippen molar-refractivity contribution in [2.75, 3.05) is 44.8 Å². The number of rotatable bonds is 6. The average molecular weight is 419 g/mol. The van der Waals surface area contributed by atoms with Crippen molar-refractivity contribution < 1.29 is 4.74 Å². The fourth-order valence-corrected chi connectivity index (χ4v) is 4.06. The van der Waals surface area contributed by atoms with Crippen molar-refractivity contribution in [3.8, 4) is 0 Å². The van der Waals surface area contributed by atoms with Crippen molar-refractivity contribution in [1.82, 2.24) is 29.0 Å². The van der Waals surface area contributed by atoms with Crippen LogP contribution >= 0.6 is 0 Å². The van der Waals surface area contributed by atoms with Gasteiger partial charge in [-0.2, -0.15) is 0 Å². The monoisotopic (exact) mass is 419 g/mol. The standard InChI is InChI=1S/C22H25N7O2/c1-31-13-12-28-16-23-19-14-17(5-6-18(19)22(28)30)27-10-8-26(9-11-27)15-21-25-24-20-4-2-3-7-29(20)21/h2-7,14,16H,8-13,15H2,1H3. The predicted molar refractivity (Wildman–Crippen MR) is 118 cm³/mol. The molecule has 0 amide bonds. The number of nitrogens with zero attached hydrogens (tertiary/aromatic N) is 7. The van der Waals surface area contributed by atoms with Crippen molar-refractivity contribution in [2.24, 2.45) is 0 Å². The largest absolute Gasteiger partial charge is 0.383 e. The molecular formula is C22H25N7O2. The normalized spacial score (nSPS) is 15.2. The van der Waals surface area contributed by atoms with Crippen LogP contribution in [-0.4, -0.2) is 68.9 Å². The number of anilines is 1. The maximum Gasteiger partial charge on any atom is 0.261 e. The highest BCUT2D eigenvalue weighted by Gasteiger charge is 2.20. The van der Waals surface area contributed by atoms with E-state index in [-0.39, 0.29) is 5.56 Å². The third-order valence-electron chi connectivity index (χ3n) is 5.83. The summed E-state index contributed by atoms with van der Waals surface area (Å²) in [5, 5.41) is 9.22. The van der Waals surface area contributed by atoms with Crippen LogP contribution < -0.4 is 10.5 Å². The van der Waals surface area contributed by atoms with Gasteiger partial charge in [0.05, 0.1) is 36.9 Å². The first-order valence-corrected chi connectivity index (χ1v) is 10.5. The van der Waals surface area contributed by atoms with Gasteiger partial charge in [0, 0.05) is 45.2 Å². The van der Waals surface area contributed by atoms with Crippen LogP contribution in [0.5, 0.6) is 0 Å². The van der Waals surface area contributed by atoms with Crippen molar-refractivity contribution in [2.45, 2.75) is 13.1 Å². The summed E-state index contributed by atoms with van der Waals surface area (Å²) in [7, 11) is 1.62. The molecule has 4 aromatic rings. The second kappa shape index (κ2) is 8.44. The third kappa shape index (κ3) is 3.89. The topological polar surface area (TPSA) is 80.8 Å². The first kappa shape index (κ1) is 19.7. The number of fused-ring (bicyclic) bond motifs is 2. The summed E-state index contributed by atoms with van der Waals surface area (Å²) in [5.74, 6) is 0.962. The molecule has 9 heteroatoms. The average Bonchev–Trinajstić information content (AvgIpc) is 3.22. The van der Waals surface area contributed by atoms with Crippen LogP contribution in [0.15, 0.2) is 53.7 Å². The molecule has 0 atom stereocenters. The third-order valence-corrected chi connectivity index (χ3v) is 5.83. The Hall–Kier alpha value is -3.30. The van der Waals surface area contributed by atoms with Gasteiger partial charge < -0.3 is 9.64 Å². The molecular weight excluding hydrogens is 394 g/mol. The van der Waals surface area contributed by atoms with E-state index in [0.717, 1.165) is 55.4 Å². The molecule has 1 aliphatic heterocycles. The highest BCUT2D eigenvalue weighted by atomic mass is 16.5. The summed E-state index contributed by atoms with van der Waals surface area (Å²) in [6.07, 6.45) is 3.61. The SMILES string of the molecule is COCCn1cnc2cc(N3CCN(Cc4nnc5ccccn45)CC3)ccc2c1=O. The molecule has 0 N–H and O–H groups in total. The molecule has 160 valence electrons. The molecule has 1 saturated heterocycles. The zero-order valence-corrected chi connectivity index (χ0v) is 17.5. The molecule has 9 nitrogen and oxygen atoms in total. The molecule has 0 bridgehead atoms. The molecule has 0 saturated carbocycles. The zero-order valence-electron chi connectivity index (χ0n) is 17.5. The minimum absolute atomic E-state index is 0.0287. The maximum atomic E-state index is 12.6. The summed E-state index contributed by atoms with van der Waals surface area (Å²) < 4.78 is 8.71. The van der Waals surface area contributed by atoms with Crippen LogP contribution in [0.3, 0.4) is 0 Å². The second-order valence-electron chi connectivity index (χ2n) is 7.75. The Bertz CT molecular complexity index is 1260. The minimum atomic E-state index is -0.0287. The van der Waals surface area contributed by atoms with Crippen LogP contribution in [0, 0.1) is 0 Å². The van der Waals surface area contributed by atoms with Gasteiger partial charge in [-0.3, -0.25) is 18.7 Å². The molecule has 4 heterocycles. The van der Waals surface area contributed by atoms with Gasteiger partial charge in [-0.1, -0.05) is 6.07 Å². The van der Waals surface area contributed by atoms with E-state index in [2.05, 4.69) is 25.0 Å².